The summed E-state index contributed by atoms with van der Waals surface area (Å²) in [5, 5.41) is 0. The van der Waals surface area contributed by atoms with Crippen LogP contribution in [0.15, 0.2) is 36.4 Å². The lowest BCUT2D eigenvalue weighted by Gasteiger charge is -2.22. The summed E-state index contributed by atoms with van der Waals surface area (Å²) in [7, 11) is 1.72. The van der Waals surface area contributed by atoms with Crippen molar-refractivity contribution in [3.8, 4) is 0 Å². The molecule has 0 aliphatic rings. The Morgan fingerprint density at radius 2 is 1.83 bits per heavy atom. The fourth-order valence-electron chi connectivity index (χ4n) is 1.82. The topological polar surface area (TPSA) is 29.3 Å². The molecular formula is C14H14F2N2. The summed E-state index contributed by atoms with van der Waals surface area (Å²) in [6, 6.07) is 9.61. The maximum atomic E-state index is 13.4. The van der Waals surface area contributed by atoms with Gasteiger partial charge in [0.2, 0.25) is 0 Å². The second-order valence-electron chi connectivity index (χ2n) is 4.22. The third-order valence-corrected chi connectivity index (χ3v) is 2.82. The van der Waals surface area contributed by atoms with Crippen molar-refractivity contribution in [2.24, 2.45) is 0 Å². The van der Waals surface area contributed by atoms with Crippen LogP contribution < -0.4 is 10.6 Å². The molecule has 0 amide bonds. The molecular weight excluding hydrogens is 234 g/mol. The van der Waals surface area contributed by atoms with E-state index < -0.39 is 11.6 Å². The molecule has 0 aliphatic carbocycles. The van der Waals surface area contributed by atoms with Crippen molar-refractivity contribution in [1.29, 1.82) is 0 Å². The Hall–Kier alpha value is -2.10. The maximum Gasteiger partial charge on any atom is 0.151 e. The van der Waals surface area contributed by atoms with Crippen LogP contribution in [0.4, 0.5) is 25.8 Å². The van der Waals surface area contributed by atoms with Crippen LogP contribution in [0.1, 0.15) is 5.56 Å². The van der Waals surface area contributed by atoms with Crippen molar-refractivity contribution in [3.05, 3.63) is 53.6 Å². The highest BCUT2D eigenvalue weighted by Gasteiger charge is 2.13. The van der Waals surface area contributed by atoms with E-state index in [4.69, 9.17) is 5.73 Å². The number of aryl methyl sites for hydroxylation is 1. The van der Waals surface area contributed by atoms with Crippen LogP contribution in [0.25, 0.3) is 0 Å². The number of anilines is 3. The van der Waals surface area contributed by atoms with Gasteiger partial charge in [0, 0.05) is 18.8 Å². The van der Waals surface area contributed by atoms with Gasteiger partial charge in [-0.25, -0.2) is 8.78 Å². The number of rotatable bonds is 2. The van der Waals surface area contributed by atoms with Crippen LogP contribution >= 0.6 is 0 Å². The lowest BCUT2D eigenvalue weighted by molar-refractivity contribution is 0.586. The predicted octanol–water partition coefficient (Wildman–Crippen LogP) is 3.62. The Bertz CT molecular complexity index is 582. The van der Waals surface area contributed by atoms with Crippen molar-refractivity contribution in [1.82, 2.24) is 0 Å². The zero-order valence-corrected chi connectivity index (χ0v) is 10.2. The largest absolute Gasteiger partial charge is 0.395 e. The second kappa shape index (κ2) is 4.64. The molecule has 0 fully saturated rings. The van der Waals surface area contributed by atoms with Gasteiger partial charge in [0.1, 0.15) is 5.82 Å². The van der Waals surface area contributed by atoms with E-state index in [2.05, 4.69) is 0 Å². The summed E-state index contributed by atoms with van der Waals surface area (Å²) in [4.78, 5) is 1.66. The molecule has 2 aromatic carbocycles. The van der Waals surface area contributed by atoms with E-state index in [9.17, 15) is 8.78 Å². The average Bonchev–Trinajstić information content (AvgIpc) is 2.33. The average molecular weight is 248 g/mol. The second-order valence-corrected chi connectivity index (χ2v) is 4.22. The SMILES string of the molecule is Cc1cccc(N(C)c2cc(F)cc(F)c2N)c1. The molecule has 0 aliphatic heterocycles. The molecule has 0 radical (unpaired) electrons. The summed E-state index contributed by atoms with van der Waals surface area (Å²) >= 11 is 0. The minimum Gasteiger partial charge on any atom is -0.395 e. The summed E-state index contributed by atoms with van der Waals surface area (Å²) < 4.78 is 26.6. The van der Waals surface area contributed by atoms with Gasteiger partial charge in [-0.05, 0) is 30.7 Å². The van der Waals surface area contributed by atoms with E-state index in [1.165, 1.54) is 6.07 Å². The molecule has 0 atom stereocenters. The minimum atomic E-state index is -0.746. The van der Waals surface area contributed by atoms with Crippen molar-refractivity contribution in [3.63, 3.8) is 0 Å². The Labute approximate surface area is 105 Å². The van der Waals surface area contributed by atoms with Crippen LogP contribution in [-0.2, 0) is 0 Å². The zero-order chi connectivity index (χ0) is 13.3. The highest BCUT2D eigenvalue weighted by molar-refractivity contribution is 5.75. The first-order chi connectivity index (χ1) is 8.49. The monoisotopic (exact) mass is 248 g/mol. The van der Waals surface area contributed by atoms with Crippen LogP contribution in [0.3, 0.4) is 0 Å². The Kier molecular flexibility index (Phi) is 3.19. The smallest absolute Gasteiger partial charge is 0.151 e. The molecule has 94 valence electrons. The standard InChI is InChI=1S/C14H14F2N2/c1-9-4-3-5-11(6-9)18(2)13-8-10(15)7-12(16)14(13)17/h3-8H,17H2,1-2H3. The third-order valence-electron chi connectivity index (χ3n) is 2.82. The Balaban J connectivity index is 2.49. The van der Waals surface area contributed by atoms with Crippen LogP contribution in [-0.4, -0.2) is 7.05 Å². The van der Waals surface area contributed by atoms with Gasteiger partial charge in [0.25, 0.3) is 0 Å². The van der Waals surface area contributed by atoms with Gasteiger partial charge in [-0.15, -0.1) is 0 Å². The fourth-order valence-corrected chi connectivity index (χ4v) is 1.82. The Morgan fingerprint density at radius 1 is 1.11 bits per heavy atom. The maximum absolute atomic E-state index is 13.4. The van der Waals surface area contributed by atoms with Crippen molar-refractivity contribution >= 4 is 17.1 Å². The van der Waals surface area contributed by atoms with Gasteiger partial charge in [-0.3, -0.25) is 0 Å². The fraction of sp³-hybridized carbons (Fsp3) is 0.143. The van der Waals surface area contributed by atoms with Gasteiger partial charge in [-0.1, -0.05) is 12.1 Å². The molecule has 2 N–H and O–H groups in total. The molecule has 0 aromatic heterocycles. The minimum absolute atomic E-state index is 0.0552. The Morgan fingerprint density at radius 3 is 2.50 bits per heavy atom. The van der Waals surface area contributed by atoms with E-state index in [0.717, 1.165) is 17.3 Å². The number of nitrogens with zero attached hydrogens (tertiary/aromatic N) is 1. The highest BCUT2D eigenvalue weighted by atomic mass is 19.1. The van der Waals surface area contributed by atoms with Gasteiger partial charge < -0.3 is 10.6 Å². The number of hydrogen-bond acceptors (Lipinski definition) is 2. The molecule has 0 bridgehead atoms. The first-order valence-corrected chi connectivity index (χ1v) is 5.54. The molecule has 2 nitrogen and oxygen atoms in total. The lowest BCUT2D eigenvalue weighted by atomic mass is 10.2. The van der Waals surface area contributed by atoms with E-state index in [1.54, 1.807) is 11.9 Å². The van der Waals surface area contributed by atoms with E-state index in [0.29, 0.717) is 5.69 Å². The van der Waals surface area contributed by atoms with Crippen LogP contribution in [0.2, 0.25) is 0 Å². The molecule has 0 saturated heterocycles. The molecule has 0 saturated carbocycles. The van der Waals surface area contributed by atoms with E-state index in [1.807, 2.05) is 31.2 Å². The number of nitrogens with two attached hydrogens (primary N) is 1. The summed E-state index contributed by atoms with van der Waals surface area (Å²) in [5.41, 5.74) is 7.80. The molecule has 0 spiro atoms. The summed E-state index contributed by atoms with van der Waals surface area (Å²) in [6.07, 6.45) is 0. The van der Waals surface area contributed by atoms with Gasteiger partial charge >= 0.3 is 0 Å². The lowest BCUT2D eigenvalue weighted by Crippen LogP contribution is -2.13. The van der Waals surface area contributed by atoms with E-state index >= 15 is 0 Å². The molecule has 2 rings (SSSR count). The summed E-state index contributed by atoms with van der Waals surface area (Å²) in [6.45, 7) is 1.95. The van der Waals surface area contributed by atoms with Crippen LogP contribution in [0.5, 0.6) is 0 Å². The van der Waals surface area contributed by atoms with Gasteiger partial charge in [0.05, 0.1) is 11.4 Å². The zero-order valence-electron chi connectivity index (χ0n) is 10.2. The number of hydrogen-bond donors (Lipinski definition) is 1. The molecule has 18 heavy (non-hydrogen) atoms. The molecule has 0 heterocycles. The number of halogens is 2. The third kappa shape index (κ3) is 2.27. The quantitative estimate of drug-likeness (QED) is 0.822. The van der Waals surface area contributed by atoms with Gasteiger partial charge in [0.15, 0.2) is 5.82 Å². The van der Waals surface area contributed by atoms with Crippen molar-refractivity contribution in [2.75, 3.05) is 17.7 Å². The first-order valence-electron chi connectivity index (χ1n) is 5.54. The normalized spacial score (nSPS) is 10.4. The molecule has 4 heteroatoms. The number of benzene rings is 2. The summed E-state index contributed by atoms with van der Waals surface area (Å²) in [5.74, 6) is -1.39. The van der Waals surface area contributed by atoms with Crippen molar-refractivity contribution in [2.45, 2.75) is 6.92 Å². The first kappa shape index (κ1) is 12.4. The predicted molar refractivity (Wildman–Crippen MR) is 70.0 cm³/mol. The van der Waals surface area contributed by atoms with Crippen LogP contribution in [0, 0.1) is 18.6 Å². The molecule has 0 unspecified atom stereocenters. The highest BCUT2D eigenvalue weighted by Crippen LogP contribution is 2.31. The molecule has 2 aromatic rings. The van der Waals surface area contributed by atoms with Gasteiger partial charge in [-0.2, -0.15) is 0 Å². The number of nitrogen functional groups attached to an aromatic ring is 1. The van der Waals surface area contributed by atoms with Crippen molar-refractivity contribution < 1.29 is 8.78 Å². The van der Waals surface area contributed by atoms with E-state index in [-0.39, 0.29) is 5.69 Å².